The second kappa shape index (κ2) is 9.47. The number of pyridine rings is 1. The van der Waals surface area contributed by atoms with Crippen LogP contribution in [0.25, 0.3) is 28.0 Å². The number of imidazole rings is 1. The van der Waals surface area contributed by atoms with Crippen LogP contribution < -0.4 is 0 Å². The van der Waals surface area contributed by atoms with Gasteiger partial charge in [-0.25, -0.2) is 4.98 Å². The Hall–Kier alpha value is -2.37. The summed E-state index contributed by atoms with van der Waals surface area (Å²) in [6, 6.07) is 20.5. The molecular formula is C27H28Cl2N4. The lowest BCUT2D eigenvalue weighted by atomic mass is 10.0. The van der Waals surface area contributed by atoms with E-state index in [-0.39, 0.29) is 6.04 Å². The summed E-state index contributed by atoms with van der Waals surface area (Å²) >= 11 is 12.3. The number of nitrogens with zero attached hydrogens (tertiary/aromatic N) is 4. The molecule has 3 heterocycles. The molecule has 1 unspecified atom stereocenters. The fraction of sp³-hybridized carbons (Fsp3) is 0.296. The zero-order valence-electron chi connectivity index (χ0n) is 19.0. The summed E-state index contributed by atoms with van der Waals surface area (Å²) < 4.78 is 2.27. The number of hydrogen-bond acceptors (Lipinski definition) is 3. The number of benzene rings is 2. The summed E-state index contributed by atoms with van der Waals surface area (Å²) in [4.78, 5) is 10.1. The number of halogens is 2. The van der Waals surface area contributed by atoms with E-state index in [4.69, 9.17) is 28.2 Å². The first kappa shape index (κ1) is 22.4. The molecule has 0 aliphatic carbocycles. The molecule has 1 saturated heterocycles. The van der Waals surface area contributed by atoms with Gasteiger partial charge < -0.3 is 9.30 Å². The lowest BCUT2D eigenvalue weighted by Crippen LogP contribution is -2.32. The average Bonchev–Trinajstić information content (AvgIpc) is 3.06. The summed E-state index contributed by atoms with van der Waals surface area (Å²) in [6.07, 6.45) is 3.38. The maximum Gasteiger partial charge on any atom is 0.137 e. The van der Waals surface area contributed by atoms with Crippen LogP contribution in [0.3, 0.4) is 0 Å². The minimum absolute atomic E-state index is 0.220. The molecule has 4 nitrogen and oxygen atoms in total. The molecule has 170 valence electrons. The largest absolute Gasteiger partial charge is 0.305 e. The van der Waals surface area contributed by atoms with Gasteiger partial charge in [0.15, 0.2) is 0 Å². The van der Waals surface area contributed by atoms with Crippen LogP contribution in [0.1, 0.15) is 25.1 Å². The number of likely N-dealkylation sites (N-methyl/N-ethyl adjacent to an activating group) is 1. The van der Waals surface area contributed by atoms with Crippen LogP contribution in [-0.2, 0) is 0 Å². The zero-order valence-corrected chi connectivity index (χ0v) is 20.5. The predicted octanol–water partition coefficient (Wildman–Crippen LogP) is 6.67. The molecule has 2 aromatic heterocycles. The molecule has 0 saturated carbocycles. The van der Waals surface area contributed by atoms with E-state index in [0.29, 0.717) is 0 Å². The second-order valence-corrected chi connectivity index (χ2v) is 9.75. The van der Waals surface area contributed by atoms with Crippen molar-refractivity contribution >= 4 is 28.8 Å². The van der Waals surface area contributed by atoms with Crippen molar-refractivity contribution in [3.8, 4) is 22.4 Å². The Kier molecular flexibility index (Phi) is 6.44. The van der Waals surface area contributed by atoms with E-state index in [9.17, 15) is 0 Å². The third kappa shape index (κ3) is 4.67. The number of aromatic nitrogens is 2. The summed E-state index contributed by atoms with van der Waals surface area (Å²) in [6.45, 7) is 6.65. The molecule has 0 radical (unpaired) electrons. The highest BCUT2D eigenvalue weighted by Gasteiger charge is 2.26. The first-order valence-electron chi connectivity index (χ1n) is 11.5. The first-order chi connectivity index (χ1) is 16.0. The van der Waals surface area contributed by atoms with Crippen LogP contribution in [0, 0.1) is 0 Å². The summed E-state index contributed by atoms with van der Waals surface area (Å²) in [5.74, 6) is 0. The van der Waals surface area contributed by atoms with Gasteiger partial charge in [-0.3, -0.25) is 4.90 Å². The van der Waals surface area contributed by atoms with Gasteiger partial charge in [-0.05, 0) is 74.5 Å². The lowest BCUT2D eigenvalue weighted by molar-refractivity contribution is 0.213. The van der Waals surface area contributed by atoms with Gasteiger partial charge in [-0.1, -0.05) is 47.5 Å². The van der Waals surface area contributed by atoms with E-state index in [1.807, 2.05) is 24.3 Å². The van der Waals surface area contributed by atoms with Gasteiger partial charge in [-0.15, -0.1) is 0 Å². The topological polar surface area (TPSA) is 23.8 Å². The summed E-state index contributed by atoms with van der Waals surface area (Å²) in [5.41, 5.74) is 6.55. The molecule has 0 amide bonds. The fourth-order valence-corrected chi connectivity index (χ4v) is 4.97. The Morgan fingerprint density at radius 1 is 0.758 bits per heavy atom. The van der Waals surface area contributed by atoms with Crippen molar-refractivity contribution < 1.29 is 0 Å². The van der Waals surface area contributed by atoms with Crippen molar-refractivity contribution in [1.29, 1.82) is 0 Å². The molecule has 6 heteroatoms. The van der Waals surface area contributed by atoms with Crippen LogP contribution in [0.4, 0.5) is 0 Å². The van der Waals surface area contributed by atoms with E-state index in [1.54, 1.807) is 0 Å². The van der Waals surface area contributed by atoms with E-state index in [2.05, 4.69) is 70.8 Å². The summed E-state index contributed by atoms with van der Waals surface area (Å²) in [5, 5.41) is 1.48. The Morgan fingerprint density at radius 2 is 1.39 bits per heavy atom. The van der Waals surface area contributed by atoms with Crippen molar-refractivity contribution in [3.05, 3.63) is 82.6 Å². The zero-order chi connectivity index (χ0) is 22.9. The van der Waals surface area contributed by atoms with Gasteiger partial charge in [0.05, 0.1) is 11.4 Å². The highest BCUT2D eigenvalue weighted by Crippen LogP contribution is 2.34. The molecule has 4 aromatic rings. The lowest BCUT2D eigenvalue weighted by Gasteiger charge is -2.28. The Bertz CT molecular complexity index is 1250. The molecule has 1 atom stereocenters. The van der Waals surface area contributed by atoms with Crippen LogP contribution in [0.5, 0.6) is 0 Å². The highest BCUT2D eigenvalue weighted by molar-refractivity contribution is 6.30. The van der Waals surface area contributed by atoms with Crippen LogP contribution >= 0.6 is 23.2 Å². The van der Waals surface area contributed by atoms with E-state index in [1.165, 1.54) is 12.1 Å². The third-order valence-electron chi connectivity index (χ3n) is 6.65. The molecule has 33 heavy (non-hydrogen) atoms. The normalized spacial score (nSPS) is 16.7. The predicted molar refractivity (Wildman–Crippen MR) is 138 cm³/mol. The molecule has 0 spiro atoms. The van der Waals surface area contributed by atoms with Crippen LogP contribution in [0.15, 0.2) is 66.9 Å². The van der Waals surface area contributed by atoms with Crippen LogP contribution in [0.2, 0.25) is 10.0 Å². The molecule has 0 bridgehead atoms. The molecule has 0 N–H and O–H groups in total. The van der Waals surface area contributed by atoms with E-state index in [0.717, 1.165) is 64.3 Å². The number of hydrogen-bond donors (Lipinski definition) is 0. The maximum absolute atomic E-state index is 6.19. The quantitative estimate of drug-likeness (QED) is 0.327. The van der Waals surface area contributed by atoms with E-state index >= 15 is 0 Å². The van der Waals surface area contributed by atoms with Crippen molar-refractivity contribution in [2.75, 3.05) is 33.2 Å². The number of fused-ring (bicyclic) bond motifs is 1. The standard InChI is InChI=1S/C27H28Cl2N4/c1-19(32-15-3-14-31(2)16-17-32)27-26(21-6-11-24(29)12-7-21)30-25-13-8-22(18-33(25)27)20-4-9-23(28)10-5-20/h4-13,18-19H,3,14-17H2,1-2H3. The molecule has 1 fully saturated rings. The van der Waals surface area contributed by atoms with Crippen LogP contribution in [-0.4, -0.2) is 52.4 Å². The molecule has 5 rings (SSSR count). The van der Waals surface area contributed by atoms with Gasteiger partial charge >= 0.3 is 0 Å². The molecular weight excluding hydrogens is 451 g/mol. The van der Waals surface area contributed by atoms with Gasteiger partial charge in [0, 0.05) is 47.5 Å². The Morgan fingerprint density at radius 3 is 2.09 bits per heavy atom. The summed E-state index contributed by atoms with van der Waals surface area (Å²) in [7, 11) is 2.21. The molecule has 2 aromatic carbocycles. The van der Waals surface area contributed by atoms with Gasteiger partial charge in [0.2, 0.25) is 0 Å². The highest BCUT2D eigenvalue weighted by atomic mass is 35.5. The minimum Gasteiger partial charge on any atom is -0.305 e. The average molecular weight is 479 g/mol. The van der Waals surface area contributed by atoms with Crippen molar-refractivity contribution in [1.82, 2.24) is 19.2 Å². The van der Waals surface area contributed by atoms with Crippen molar-refractivity contribution in [3.63, 3.8) is 0 Å². The fourth-order valence-electron chi connectivity index (χ4n) is 4.72. The monoisotopic (exact) mass is 478 g/mol. The van der Waals surface area contributed by atoms with Gasteiger partial charge in [0.25, 0.3) is 0 Å². The number of rotatable bonds is 4. The first-order valence-corrected chi connectivity index (χ1v) is 12.2. The van der Waals surface area contributed by atoms with Gasteiger partial charge in [0.1, 0.15) is 5.65 Å². The van der Waals surface area contributed by atoms with Gasteiger partial charge in [-0.2, -0.15) is 0 Å². The van der Waals surface area contributed by atoms with E-state index < -0.39 is 0 Å². The van der Waals surface area contributed by atoms with Crippen molar-refractivity contribution in [2.24, 2.45) is 0 Å². The smallest absolute Gasteiger partial charge is 0.137 e. The second-order valence-electron chi connectivity index (χ2n) is 8.87. The third-order valence-corrected chi connectivity index (χ3v) is 7.15. The SMILES string of the molecule is CC(c1c(-c2ccc(Cl)cc2)nc2ccc(-c3ccc(Cl)cc3)cn12)N1CCCN(C)CC1. The Balaban J connectivity index is 1.65. The maximum atomic E-state index is 6.19. The minimum atomic E-state index is 0.220. The Labute approximate surface area is 205 Å². The van der Waals surface area contributed by atoms with Crippen molar-refractivity contribution in [2.45, 2.75) is 19.4 Å². The molecule has 1 aliphatic rings. The molecule has 1 aliphatic heterocycles.